The number of methoxy groups -OCH3 is 1. The SMILES string of the molecule is COc1ccc(N=Nc2cc(Cl)cc([N+](=O)[O-])c2)c(NC(=O)CC(C)=O)c1. The van der Waals surface area contributed by atoms with E-state index in [1.807, 2.05) is 0 Å². The quantitative estimate of drug-likeness (QED) is 0.320. The van der Waals surface area contributed by atoms with Crippen LogP contribution >= 0.6 is 11.6 Å². The van der Waals surface area contributed by atoms with Crippen LogP contribution in [0.15, 0.2) is 46.6 Å². The van der Waals surface area contributed by atoms with Gasteiger partial charge >= 0.3 is 0 Å². The number of anilines is 1. The molecule has 2 aromatic rings. The molecule has 0 aliphatic rings. The first-order valence-electron chi connectivity index (χ1n) is 7.62. The molecular weight excluding hydrogens is 376 g/mol. The van der Waals surface area contributed by atoms with Crippen LogP contribution in [0.4, 0.5) is 22.7 Å². The second-order valence-corrected chi connectivity index (χ2v) is 5.87. The Kier molecular flexibility index (Phi) is 6.56. The van der Waals surface area contributed by atoms with E-state index in [2.05, 4.69) is 15.5 Å². The molecule has 10 heteroatoms. The molecule has 9 nitrogen and oxygen atoms in total. The van der Waals surface area contributed by atoms with Crippen LogP contribution in [0.3, 0.4) is 0 Å². The first kappa shape index (κ1) is 20.0. The van der Waals surface area contributed by atoms with Crippen LogP contribution in [0.5, 0.6) is 5.75 Å². The molecule has 0 spiro atoms. The number of nitro benzene ring substituents is 1. The third-order valence-electron chi connectivity index (χ3n) is 3.24. The molecule has 0 atom stereocenters. The summed E-state index contributed by atoms with van der Waals surface area (Å²) in [4.78, 5) is 33.3. The van der Waals surface area contributed by atoms with E-state index in [0.29, 0.717) is 5.75 Å². The summed E-state index contributed by atoms with van der Waals surface area (Å²) in [6.07, 6.45) is -0.283. The van der Waals surface area contributed by atoms with Gasteiger partial charge < -0.3 is 10.1 Å². The highest BCUT2D eigenvalue weighted by atomic mass is 35.5. The van der Waals surface area contributed by atoms with E-state index >= 15 is 0 Å². The lowest BCUT2D eigenvalue weighted by atomic mass is 10.2. The minimum atomic E-state index is -0.592. The second-order valence-electron chi connectivity index (χ2n) is 5.43. The Morgan fingerprint density at radius 1 is 1.22 bits per heavy atom. The number of nitrogens with one attached hydrogen (secondary N) is 1. The number of ether oxygens (including phenoxy) is 1. The van der Waals surface area contributed by atoms with Gasteiger partial charge in [0.05, 0.1) is 29.8 Å². The van der Waals surface area contributed by atoms with E-state index in [1.54, 1.807) is 12.1 Å². The number of carbonyl (C=O) groups excluding carboxylic acids is 2. The van der Waals surface area contributed by atoms with E-state index in [-0.39, 0.29) is 40.0 Å². The maximum Gasteiger partial charge on any atom is 0.273 e. The number of amides is 1. The predicted octanol–water partition coefficient (Wildman–Crippen LogP) is 4.59. The van der Waals surface area contributed by atoms with Crippen LogP contribution in [-0.4, -0.2) is 23.7 Å². The van der Waals surface area contributed by atoms with Crippen molar-refractivity contribution in [3.05, 3.63) is 51.5 Å². The number of ketones is 1. The van der Waals surface area contributed by atoms with Crippen molar-refractivity contribution in [3.8, 4) is 5.75 Å². The number of halogens is 1. The van der Waals surface area contributed by atoms with E-state index in [4.69, 9.17) is 16.3 Å². The van der Waals surface area contributed by atoms with Crippen molar-refractivity contribution in [2.45, 2.75) is 13.3 Å². The van der Waals surface area contributed by atoms with Crippen LogP contribution in [0, 0.1) is 10.1 Å². The van der Waals surface area contributed by atoms with Gasteiger partial charge in [0, 0.05) is 23.2 Å². The van der Waals surface area contributed by atoms with Crippen molar-refractivity contribution < 1.29 is 19.2 Å². The van der Waals surface area contributed by atoms with Gasteiger partial charge in [0.2, 0.25) is 5.91 Å². The zero-order valence-corrected chi connectivity index (χ0v) is 15.2. The fourth-order valence-electron chi connectivity index (χ4n) is 2.08. The number of carbonyl (C=O) groups is 2. The minimum Gasteiger partial charge on any atom is -0.497 e. The summed E-state index contributed by atoms with van der Waals surface area (Å²) in [7, 11) is 1.46. The topological polar surface area (TPSA) is 123 Å². The molecule has 2 aromatic carbocycles. The highest BCUT2D eigenvalue weighted by Gasteiger charge is 2.12. The number of hydrogen-bond acceptors (Lipinski definition) is 7. The summed E-state index contributed by atoms with van der Waals surface area (Å²) in [5.41, 5.74) is 0.503. The fourth-order valence-corrected chi connectivity index (χ4v) is 2.31. The number of azo groups is 1. The number of non-ortho nitro benzene ring substituents is 1. The smallest absolute Gasteiger partial charge is 0.273 e. The molecule has 1 amide bonds. The summed E-state index contributed by atoms with van der Waals surface area (Å²) < 4.78 is 5.11. The molecule has 0 aliphatic heterocycles. The Bertz CT molecular complexity index is 930. The molecule has 0 fully saturated rings. The molecule has 0 heterocycles. The lowest BCUT2D eigenvalue weighted by molar-refractivity contribution is -0.384. The molecule has 0 aromatic heterocycles. The van der Waals surface area contributed by atoms with E-state index in [1.165, 1.54) is 38.3 Å². The van der Waals surface area contributed by atoms with Crippen LogP contribution in [-0.2, 0) is 9.59 Å². The molecule has 0 unspecified atom stereocenters. The van der Waals surface area contributed by atoms with Crippen LogP contribution in [0.25, 0.3) is 0 Å². The molecular formula is C17H15ClN4O5. The summed E-state index contributed by atoms with van der Waals surface area (Å²) in [6, 6.07) is 8.50. The van der Waals surface area contributed by atoms with Crippen molar-refractivity contribution in [3.63, 3.8) is 0 Å². The predicted molar refractivity (Wildman–Crippen MR) is 99.2 cm³/mol. The molecule has 2 rings (SSSR count). The highest BCUT2D eigenvalue weighted by molar-refractivity contribution is 6.31. The average molecular weight is 391 g/mol. The number of benzene rings is 2. The van der Waals surface area contributed by atoms with Crippen LogP contribution in [0.2, 0.25) is 5.02 Å². The number of rotatable bonds is 7. The van der Waals surface area contributed by atoms with Gasteiger partial charge in [-0.15, -0.1) is 5.11 Å². The lowest BCUT2D eigenvalue weighted by Gasteiger charge is -2.09. The average Bonchev–Trinajstić information content (AvgIpc) is 2.59. The van der Waals surface area contributed by atoms with Gasteiger partial charge in [0.1, 0.15) is 17.2 Å². The highest BCUT2D eigenvalue weighted by Crippen LogP contribution is 2.32. The Hall–Kier alpha value is -3.33. The molecule has 0 saturated carbocycles. The van der Waals surface area contributed by atoms with Crippen molar-refractivity contribution in [2.24, 2.45) is 10.2 Å². The van der Waals surface area contributed by atoms with E-state index in [9.17, 15) is 19.7 Å². The van der Waals surface area contributed by atoms with Gasteiger partial charge in [-0.3, -0.25) is 19.7 Å². The molecule has 0 saturated heterocycles. The van der Waals surface area contributed by atoms with Gasteiger partial charge in [0.25, 0.3) is 5.69 Å². The Morgan fingerprint density at radius 3 is 2.59 bits per heavy atom. The molecule has 0 aliphatic carbocycles. The Morgan fingerprint density at radius 2 is 1.96 bits per heavy atom. The fraction of sp³-hybridized carbons (Fsp3) is 0.176. The minimum absolute atomic E-state index is 0.142. The zero-order valence-electron chi connectivity index (χ0n) is 14.4. The van der Waals surface area contributed by atoms with Crippen LogP contribution in [0.1, 0.15) is 13.3 Å². The van der Waals surface area contributed by atoms with Gasteiger partial charge in [-0.05, 0) is 25.1 Å². The molecule has 0 bridgehead atoms. The molecule has 27 heavy (non-hydrogen) atoms. The summed E-state index contributed by atoms with van der Waals surface area (Å²) >= 11 is 5.85. The first-order valence-corrected chi connectivity index (χ1v) is 8.00. The first-order chi connectivity index (χ1) is 12.8. The lowest BCUT2D eigenvalue weighted by Crippen LogP contribution is -2.14. The van der Waals surface area contributed by atoms with Crippen molar-refractivity contribution >= 4 is 46.0 Å². The second kappa shape index (κ2) is 8.86. The maximum atomic E-state index is 11.9. The van der Waals surface area contributed by atoms with Crippen molar-refractivity contribution in [2.75, 3.05) is 12.4 Å². The summed E-state index contributed by atoms with van der Waals surface area (Å²) in [6.45, 7) is 1.30. The van der Waals surface area contributed by atoms with Crippen LogP contribution < -0.4 is 10.1 Å². The van der Waals surface area contributed by atoms with E-state index < -0.39 is 10.8 Å². The third-order valence-corrected chi connectivity index (χ3v) is 3.46. The van der Waals surface area contributed by atoms with Crippen molar-refractivity contribution in [1.29, 1.82) is 0 Å². The Balaban J connectivity index is 2.34. The van der Waals surface area contributed by atoms with Gasteiger partial charge in [-0.1, -0.05) is 11.6 Å². The molecule has 140 valence electrons. The number of nitrogens with zero attached hydrogens (tertiary/aromatic N) is 3. The monoisotopic (exact) mass is 390 g/mol. The summed E-state index contributed by atoms with van der Waals surface area (Å²) in [5, 5.41) is 21.6. The Labute approximate surface area is 159 Å². The molecule has 0 radical (unpaired) electrons. The number of hydrogen-bond donors (Lipinski definition) is 1. The molecule has 1 N–H and O–H groups in total. The largest absolute Gasteiger partial charge is 0.497 e. The standard InChI is InChI=1S/C17H15ClN4O5/c1-10(23)5-17(24)19-16-9-14(27-2)3-4-15(16)21-20-12-6-11(18)7-13(8-12)22(25)26/h3-4,6-9H,5H2,1-2H3,(H,19,24). The normalized spacial score (nSPS) is 10.6. The van der Waals surface area contributed by atoms with Crippen molar-refractivity contribution in [1.82, 2.24) is 0 Å². The van der Waals surface area contributed by atoms with Gasteiger partial charge in [0.15, 0.2) is 0 Å². The number of nitro groups is 1. The zero-order chi connectivity index (χ0) is 20.0. The van der Waals surface area contributed by atoms with E-state index in [0.717, 1.165) is 0 Å². The van der Waals surface area contributed by atoms with Gasteiger partial charge in [-0.2, -0.15) is 5.11 Å². The third kappa shape index (κ3) is 5.86. The van der Waals surface area contributed by atoms with Gasteiger partial charge in [-0.25, -0.2) is 0 Å². The summed E-state index contributed by atoms with van der Waals surface area (Å²) in [5.74, 6) is -0.333. The maximum absolute atomic E-state index is 11.9. The number of Topliss-reactive ketones (excluding diaryl/α,β-unsaturated/α-hetero) is 1.